The van der Waals surface area contributed by atoms with Gasteiger partial charge >= 0.3 is 0 Å². The Balaban J connectivity index is 2.08. The van der Waals surface area contributed by atoms with Crippen molar-refractivity contribution in [3.05, 3.63) is 30.3 Å². The van der Waals surface area contributed by atoms with E-state index in [0.717, 1.165) is 25.0 Å². The summed E-state index contributed by atoms with van der Waals surface area (Å²) in [6.45, 7) is 4.59. The Hall–Kier alpha value is -1.55. The summed E-state index contributed by atoms with van der Waals surface area (Å²) in [5.74, 6) is -0.207. The van der Waals surface area contributed by atoms with E-state index in [1.54, 1.807) is 12.3 Å². The van der Waals surface area contributed by atoms with E-state index in [1.807, 2.05) is 6.07 Å². The zero-order valence-electron chi connectivity index (χ0n) is 9.74. The Morgan fingerprint density at radius 2 is 2.29 bits per heavy atom. The summed E-state index contributed by atoms with van der Waals surface area (Å²) in [7, 11) is 0. The van der Waals surface area contributed by atoms with Gasteiger partial charge in [0.1, 0.15) is 11.5 Å². The lowest BCUT2D eigenvalue weighted by molar-refractivity contribution is 0.477. The summed E-state index contributed by atoms with van der Waals surface area (Å²) in [5, 5.41) is 4.30. The Bertz CT molecular complexity index is 537. The highest BCUT2D eigenvalue weighted by molar-refractivity contribution is 5.89. The molecular formula is C13H15FN2O. The molecule has 0 bridgehead atoms. The summed E-state index contributed by atoms with van der Waals surface area (Å²) in [4.78, 5) is 2.06. The largest absolute Gasteiger partial charge is 0.462 e. The van der Waals surface area contributed by atoms with E-state index in [1.165, 1.54) is 6.07 Å². The minimum Gasteiger partial charge on any atom is -0.462 e. The van der Waals surface area contributed by atoms with Crippen LogP contribution in [0.3, 0.4) is 0 Å². The van der Waals surface area contributed by atoms with Crippen LogP contribution in [-0.2, 0) is 0 Å². The van der Waals surface area contributed by atoms with Crippen LogP contribution < -0.4 is 10.2 Å². The van der Waals surface area contributed by atoms with E-state index in [4.69, 9.17) is 4.42 Å². The molecule has 1 atom stereocenters. The van der Waals surface area contributed by atoms with Gasteiger partial charge in [-0.05, 0) is 25.1 Å². The standard InChI is InChI=1S/C13H15FN2O/c1-9-8-16(6-5-15-9)12-11(14)3-2-10-4-7-17-13(10)12/h2-4,7,9,15H,5-6,8H2,1H3. The van der Waals surface area contributed by atoms with Crippen LogP contribution in [0.15, 0.2) is 28.9 Å². The molecular weight excluding hydrogens is 219 g/mol. The molecule has 0 saturated carbocycles. The van der Waals surface area contributed by atoms with E-state index in [2.05, 4.69) is 17.1 Å². The van der Waals surface area contributed by atoms with Crippen LogP contribution in [0.2, 0.25) is 0 Å². The van der Waals surface area contributed by atoms with Crippen LogP contribution in [0.5, 0.6) is 0 Å². The molecule has 3 nitrogen and oxygen atoms in total. The number of fused-ring (bicyclic) bond motifs is 1. The van der Waals surface area contributed by atoms with Crippen LogP contribution in [-0.4, -0.2) is 25.7 Å². The lowest BCUT2D eigenvalue weighted by atomic mass is 10.1. The number of halogens is 1. The molecule has 1 aromatic carbocycles. The first-order chi connectivity index (χ1) is 8.25. The molecule has 1 N–H and O–H groups in total. The van der Waals surface area contributed by atoms with Gasteiger partial charge in [-0.2, -0.15) is 0 Å². The van der Waals surface area contributed by atoms with Crippen LogP contribution in [0.1, 0.15) is 6.92 Å². The predicted molar refractivity (Wildman–Crippen MR) is 65.8 cm³/mol. The number of nitrogens with zero attached hydrogens (tertiary/aromatic N) is 1. The van der Waals surface area contributed by atoms with Gasteiger partial charge < -0.3 is 14.6 Å². The van der Waals surface area contributed by atoms with Crippen molar-refractivity contribution in [2.75, 3.05) is 24.5 Å². The number of rotatable bonds is 1. The summed E-state index contributed by atoms with van der Waals surface area (Å²) < 4.78 is 19.4. The van der Waals surface area contributed by atoms with Crippen LogP contribution in [0.4, 0.5) is 10.1 Å². The first-order valence-electron chi connectivity index (χ1n) is 5.90. The third-order valence-electron chi connectivity index (χ3n) is 3.23. The molecule has 17 heavy (non-hydrogen) atoms. The van der Waals surface area contributed by atoms with Crippen molar-refractivity contribution in [2.24, 2.45) is 0 Å². The molecule has 0 radical (unpaired) electrons. The van der Waals surface area contributed by atoms with E-state index >= 15 is 0 Å². The summed E-state index contributed by atoms with van der Waals surface area (Å²) in [6, 6.07) is 5.50. The van der Waals surface area contributed by atoms with E-state index in [-0.39, 0.29) is 5.82 Å². The molecule has 0 amide bonds. The third-order valence-corrected chi connectivity index (χ3v) is 3.23. The van der Waals surface area contributed by atoms with E-state index in [0.29, 0.717) is 17.3 Å². The second kappa shape index (κ2) is 4.04. The summed E-state index contributed by atoms with van der Waals surface area (Å²) >= 11 is 0. The van der Waals surface area contributed by atoms with Crippen molar-refractivity contribution < 1.29 is 8.81 Å². The van der Waals surface area contributed by atoms with Gasteiger partial charge in [0.2, 0.25) is 0 Å². The fourth-order valence-corrected chi connectivity index (χ4v) is 2.42. The van der Waals surface area contributed by atoms with Gasteiger partial charge in [0, 0.05) is 31.1 Å². The lowest BCUT2D eigenvalue weighted by Gasteiger charge is -2.33. The number of furan rings is 1. The molecule has 90 valence electrons. The molecule has 0 aliphatic carbocycles. The van der Waals surface area contributed by atoms with Gasteiger partial charge in [-0.25, -0.2) is 4.39 Å². The van der Waals surface area contributed by atoms with E-state index < -0.39 is 0 Å². The van der Waals surface area contributed by atoms with Crippen molar-refractivity contribution in [1.82, 2.24) is 5.32 Å². The highest BCUT2D eigenvalue weighted by Crippen LogP contribution is 2.31. The maximum Gasteiger partial charge on any atom is 0.160 e. The van der Waals surface area contributed by atoms with Crippen LogP contribution in [0, 0.1) is 5.82 Å². The molecule has 1 unspecified atom stereocenters. The first kappa shape index (κ1) is 10.6. The van der Waals surface area contributed by atoms with E-state index in [9.17, 15) is 4.39 Å². The minimum absolute atomic E-state index is 0.207. The molecule has 1 saturated heterocycles. The SMILES string of the molecule is CC1CN(c2c(F)ccc3ccoc23)CCN1. The monoisotopic (exact) mass is 234 g/mol. The van der Waals surface area contributed by atoms with Gasteiger partial charge in [0.15, 0.2) is 5.58 Å². The van der Waals surface area contributed by atoms with Crippen molar-refractivity contribution >= 4 is 16.7 Å². The summed E-state index contributed by atoms with van der Waals surface area (Å²) in [6.07, 6.45) is 1.61. The number of nitrogens with one attached hydrogen (secondary N) is 1. The van der Waals surface area contributed by atoms with Gasteiger partial charge in [0.05, 0.1) is 6.26 Å². The van der Waals surface area contributed by atoms with Gasteiger partial charge in [-0.1, -0.05) is 0 Å². The molecule has 1 fully saturated rings. The Kier molecular flexibility index (Phi) is 2.52. The minimum atomic E-state index is -0.207. The van der Waals surface area contributed by atoms with Crippen molar-refractivity contribution in [1.29, 1.82) is 0 Å². The molecule has 4 heteroatoms. The van der Waals surface area contributed by atoms with Crippen molar-refractivity contribution in [3.63, 3.8) is 0 Å². The van der Waals surface area contributed by atoms with Crippen LogP contribution >= 0.6 is 0 Å². The van der Waals surface area contributed by atoms with Crippen LogP contribution in [0.25, 0.3) is 11.0 Å². The zero-order valence-corrected chi connectivity index (χ0v) is 9.74. The topological polar surface area (TPSA) is 28.4 Å². The molecule has 2 heterocycles. The highest BCUT2D eigenvalue weighted by atomic mass is 19.1. The quantitative estimate of drug-likeness (QED) is 0.821. The smallest absolute Gasteiger partial charge is 0.160 e. The molecule has 1 aliphatic heterocycles. The second-order valence-corrected chi connectivity index (χ2v) is 4.54. The van der Waals surface area contributed by atoms with Crippen molar-refractivity contribution in [2.45, 2.75) is 13.0 Å². The maximum absolute atomic E-state index is 14.0. The number of anilines is 1. The summed E-state index contributed by atoms with van der Waals surface area (Å²) in [5.41, 5.74) is 1.25. The Labute approximate surface area is 99.2 Å². The second-order valence-electron chi connectivity index (χ2n) is 4.54. The predicted octanol–water partition coefficient (Wildman–Crippen LogP) is 2.37. The fourth-order valence-electron chi connectivity index (χ4n) is 2.42. The number of hydrogen-bond donors (Lipinski definition) is 1. The molecule has 1 aliphatic rings. The first-order valence-corrected chi connectivity index (χ1v) is 5.90. The Morgan fingerprint density at radius 1 is 1.41 bits per heavy atom. The fraction of sp³-hybridized carbons (Fsp3) is 0.385. The zero-order chi connectivity index (χ0) is 11.8. The Morgan fingerprint density at radius 3 is 3.12 bits per heavy atom. The van der Waals surface area contributed by atoms with Gasteiger partial charge in [0.25, 0.3) is 0 Å². The number of hydrogen-bond acceptors (Lipinski definition) is 3. The maximum atomic E-state index is 14.0. The third kappa shape index (κ3) is 1.78. The molecule has 1 aromatic heterocycles. The van der Waals surface area contributed by atoms with Gasteiger partial charge in [-0.3, -0.25) is 0 Å². The number of benzene rings is 1. The normalized spacial score (nSPS) is 21.1. The van der Waals surface area contributed by atoms with Crippen molar-refractivity contribution in [3.8, 4) is 0 Å². The number of piperazine rings is 1. The molecule has 2 aromatic rings. The lowest BCUT2D eigenvalue weighted by Crippen LogP contribution is -2.49. The average Bonchev–Trinajstić information content (AvgIpc) is 2.76. The molecule has 0 spiro atoms. The average molecular weight is 234 g/mol. The highest BCUT2D eigenvalue weighted by Gasteiger charge is 2.22. The molecule has 3 rings (SSSR count). The van der Waals surface area contributed by atoms with Gasteiger partial charge in [-0.15, -0.1) is 0 Å².